The van der Waals surface area contributed by atoms with Crippen LogP contribution in [0.3, 0.4) is 0 Å². The van der Waals surface area contributed by atoms with Gasteiger partial charge in [0.15, 0.2) is 11.8 Å². The molecule has 0 saturated carbocycles. The number of carbonyl (C=O) groups is 2. The lowest BCUT2D eigenvalue weighted by Crippen LogP contribution is -2.44. The Bertz CT molecular complexity index is 696. The molecular weight excluding hydrogens is 403 g/mol. The number of Topliss-reactive ketones (excluding diaryl/α,β-unsaturated/α-hetero) is 1. The van der Waals surface area contributed by atoms with Gasteiger partial charge in [-0.25, -0.2) is 0 Å². The van der Waals surface area contributed by atoms with Crippen LogP contribution in [-0.4, -0.2) is 24.8 Å². The van der Waals surface area contributed by atoms with Gasteiger partial charge < -0.3 is 10.6 Å². The van der Waals surface area contributed by atoms with Crippen molar-refractivity contribution in [3.63, 3.8) is 0 Å². The molecule has 2 aromatic rings. The number of rotatable bonds is 5. The molecule has 7 heteroatoms. The van der Waals surface area contributed by atoms with Gasteiger partial charge in [0.05, 0.1) is 5.02 Å². The van der Waals surface area contributed by atoms with Gasteiger partial charge >= 0.3 is 0 Å². The second-order valence-electron chi connectivity index (χ2n) is 4.57. The molecule has 0 aliphatic carbocycles. The fourth-order valence-electron chi connectivity index (χ4n) is 1.96. The number of benzene rings is 2. The number of carbonyl (C=O) groups excluding carboxylic acids is 2. The largest absolute Gasteiger partial charge is 0.324 e. The Labute approximate surface area is 154 Å². The molecular formula is C16H15BrCl2N2O2. The fourth-order valence-corrected chi connectivity index (χ4v) is 2.46. The highest BCUT2D eigenvalue weighted by molar-refractivity contribution is 8.93. The summed E-state index contributed by atoms with van der Waals surface area (Å²) >= 11 is 11.8. The SMILES string of the molecule is Br.CN[C@H](C(=O)Nc1ccccc1)C(=O)c1ccc(Cl)cc1Cl. The zero-order chi connectivity index (χ0) is 16.1. The van der Waals surface area contributed by atoms with Crippen molar-refractivity contribution in [2.75, 3.05) is 12.4 Å². The molecule has 2 N–H and O–H groups in total. The molecule has 0 aliphatic heterocycles. The van der Waals surface area contributed by atoms with Gasteiger partial charge in [0.25, 0.3) is 0 Å². The van der Waals surface area contributed by atoms with Crippen molar-refractivity contribution in [3.05, 3.63) is 64.1 Å². The third-order valence-corrected chi connectivity index (χ3v) is 3.60. The van der Waals surface area contributed by atoms with Crippen molar-refractivity contribution >= 4 is 57.6 Å². The van der Waals surface area contributed by atoms with Crippen molar-refractivity contribution in [1.82, 2.24) is 5.32 Å². The third kappa shape index (κ3) is 5.04. The quantitative estimate of drug-likeness (QED) is 0.571. The first-order chi connectivity index (χ1) is 10.5. The summed E-state index contributed by atoms with van der Waals surface area (Å²) in [5.41, 5.74) is 0.858. The van der Waals surface area contributed by atoms with Gasteiger partial charge in [-0.1, -0.05) is 41.4 Å². The van der Waals surface area contributed by atoms with Crippen LogP contribution in [-0.2, 0) is 4.79 Å². The van der Waals surface area contributed by atoms with Crippen molar-refractivity contribution < 1.29 is 9.59 Å². The van der Waals surface area contributed by atoms with E-state index >= 15 is 0 Å². The van der Waals surface area contributed by atoms with Crippen LogP contribution in [0.4, 0.5) is 5.69 Å². The highest BCUT2D eigenvalue weighted by Gasteiger charge is 2.27. The third-order valence-electron chi connectivity index (χ3n) is 3.05. The van der Waals surface area contributed by atoms with E-state index in [1.807, 2.05) is 6.07 Å². The van der Waals surface area contributed by atoms with Crippen LogP contribution in [0.1, 0.15) is 10.4 Å². The fraction of sp³-hybridized carbons (Fsp3) is 0.125. The van der Waals surface area contributed by atoms with Crippen LogP contribution in [0.15, 0.2) is 48.5 Å². The first-order valence-corrected chi connectivity index (χ1v) is 7.31. The summed E-state index contributed by atoms with van der Waals surface area (Å²) in [4.78, 5) is 24.8. The highest BCUT2D eigenvalue weighted by Crippen LogP contribution is 2.22. The van der Waals surface area contributed by atoms with Crippen molar-refractivity contribution in [2.24, 2.45) is 0 Å². The summed E-state index contributed by atoms with van der Waals surface area (Å²) in [5.74, 6) is -0.873. The molecule has 2 aromatic carbocycles. The van der Waals surface area contributed by atoms with Gasteiger partial charge in [0.2, 0.25) is 5.91 Å². The molecule has 0 heterocycles. The number of nitrogens with one attached hydrogen (secondary N) is 2. The standard InChI is InChI=1S/C16H14Cl2N2O2.BrH/c1-19-14(16(22)20-11-5-3-2-4-6-11)15(21)12-8-7-10(17)9-13(12)18;/h2-9,14,19H,1H3,(H,20,22);1H/t14-;/m0./s1. The molecule has 0 unspecified atom stereocenters. The Morgan fingerprint density at radius 2 is 1.70 bits per heavy atom. The molecule has 0 aliphatic rings. The van der Waals surface area contributed by atoms with Crippen molar-refractivity contribution in [2.45, 2.75) is 6.04 Å². The number of ketones is 1. The van der Waals surface area contributed by atoms with E-state index < -0.39 is 17.7 Å². The Morgan fingerprint density at radius 1 is 1.04 bits per heavy atom. The molecule has 0 aromatic heterocycles. The van der Waals surface area contributed by atoms with E-state index in [2.05, 4.69) is 10.6 Å². The Balaban J connectivity index is 0.00000264. The molecule has 0 radical (unpaired) electrons. The number of likely N-dealkylation sites (N-methyl/N-ethyl adjacent to an activating group) is 1. The number of amides is 1. The monoisotopic (exact) mass is 416 g/mol. The van der Waals surface area contributed by atoms with Crippen molar-refractivity contribution in [1.29, 1.82) is 0 Å². The smallest absolute Gasteiger partial charge is 0.249 e. The van der Waals surface area contributed by atoms with E-state index in [1.165, 1.54) is 19.2 Å². The predicted molar refractivity (Wildman–Crippen MR) is 99.0 cm³/mol. The van der Waals surface area contributed by atoms with Crippen LogP contribution >= 0.6 is 40.2 Å². The zero-order valence-electron chi connectivity index (χ0n) is 12.2. The van der Waals surface area contributed by atoms with Gasteiger partial charge in [-0.15, -0.1) is 17.0 Å². The lowest BCUT2D eigenvalue weighted by atomic mass is 10.0. The molecule has 0 saturated heterocycles. The molecule has 23 heavy (non-hydrogen) atoms. The Kier molecular flexibility index (Phi) is 7.72. The van der Waals surface area contributed by atoms with Crippen molar-refractivity contribution in [3.8, 4) is 0 Å². The summed E-state index contributed by atoms with van der Waals surface area (Å²) in [6, 6.07) is 12.4. The van der Waals surface area contributed by atoms with Crippen LogP contribution < -0.4 is 10.6 Å². The zero-order valence-corrected chi connectivity index (χ0v) is 15.4. The molecule has 0 spiro atoms. The minimum absolute atomic E-state index is 0. The molecule has 4 nitrogen and oxygen atoms in total. The summed E-state index contributed by atoms with van der Waals surface area (Å²) in [7, 11) is 1.54. The summed E-state index contributed by atoms with van der Waals surface area (Å²) in [6.45, 7) is 0. The van der Waals surface area contributed by atoms with E-state index in [9.17, 15) is 9.59 Å². The summed E-state index contributed by atoms with van der Waals surface area (Å²) in [5, 5.41) is 6.03. The average molecular weight is 418 g/mol. The minimum Gasteiger partial charge on any atom is -0.324 e. The number of hydrogen-bond acceptors (Lipinski definition) is 3. The topological polar surface area (TPSA) is 58.2 Å². The maximum absolute atomic E-state index is 12.5. The van der Waals surface area contributed by atoms with Crippen LogP contribution in [0, 0.1) is 0 Å². The minimum atomic E-state index is -1.04. The molecule has 2 rings (SSSR count). The molecule has 1 atom stereocenters. The number of anilines is 1. The molecule has 0 fully saturated rings. The van der Waals surface area contributed by atoms with E-state index in [1.54, 1.807) is 30.3 Å². The van der Waals surface area contributed by atoms with E-state index in [-0.39, 0.29) is 27.6 Å². The maximum atomic E-state index is 12.5. The van der Waals surface area contributed by atoms with Crippen LogP contribution in [0.25, 0.3) is 0 Å². The van der Waals surface area contributed by atoms with Gasteiger partial charge in [-0.05, 0) is 37.4 Å². The number of para-hydroxylation sites is 1. The maximum Gasteiger partial charge on any atom is 0.249 e. The van der Waals surface area contributed by atoms with E-state index in [0.717, 1.165) is 0 Å². The summed E-state index contributed by atoms with van der Waals surface area (Å²) in [6.07, 6.45) is 0. The summed E-state index contributed by atoms with van der Waals surface area (Å²) < 4.78 is 0. The van der Waals surface area contributed by atoms with Gasteiger partial charge in [-0.3, -0.25) is 9.59 Å². The lowest BCUT2D eigenvalue weighted by Gasteiger charge is -2.16. The first kappa shape index (κ1) is 19.6. The van der Waals surface area contributed by atoms with Gasteiger partial charge in [-0.2, -0.15) is 0 Å². The van der Waals surface area contributed by atoms with Gasteiger partial charge in [0, 0.05) is 16.3 Å². The molecule has 0 bridgehead atoms. The van der Waals surface area contributed by atoms with E-state index in [4.69, 9.17) is 23.2 Å². The molecule has 122 valence electrons. The normalized spacial score (nSPS) is 11.3. The number of hydrogen-bond donors (Lipinski definition) is 2. The number of halogens is 3. The average Bonchev–Trinajstić information content (AvgIpc) is 2.48. The predicted octanol–water partition coefficient (Wildman–Crippen LogP) is 3.98. The van der Waals surface area contributed by atoms with E-state index in [0.29, 0.717) is 10.7 Å². The lowest BCUT2D eigenvalue weighted by molar-refractivity contribution is -0.117. The van der Waals surface area contributed by atoms with Crippen LogP contribution in [0.5, 0.6) is 0 Å². The highest BCUT2D eigenvalue weighted by atomic mass is 79.9. The first-order valence-electron chi connectivity index (χ1n) is 6.55. The second kappa shape index (κ2) is 9.03. The second-order valence-corrected chi connectivity index (χ2v) is 5.41. The Morgan fingerprint density at radius 3 is 2.26 bits per heavy atom. The molecule has 1 amide bonds. The van der Waals surface area contributed by atoms with Gasteiger partial charge in [0.1, 0.15) is 0 Å². The Hall–Kier alpha value is -1.40. The van der Waals surface area contributed by atoms with Crippen LogP contribution in [0.2, 0.25) is 10.0 Å².